The van der Waals surface area contributed by atoms with Crippen molar-refractivity contribution >= 4 is 39.8 Å². The molecule has 2 aromatic rings. The van der Waals surface area contributed by atoms with Gasteiger partial charge in [0, 0.05) is 11.7 Å². The van der Waals surface area contributed by atoms with Gasteiger partial charge >= 0.3 is 0 Å². The Balaban J connectivity index is 1.81. The predicted molar refractivity (Wildman–Crippen MR) is 92.8 cm³/mol. The van der Waals surface area contributed by atoms with E-state index < -0.39 is 0 Å². The van der Waals surface area contributed by atoms with Gasteiger partial charge in [0.15, 0.2) is 4.34 Å². The van der Waals surface area contributed by atoms with Crippen molar-refractivity contribution in [1.82, 2.24) is 15.5 Å². The van der Waals surface area contributed by atoms with Gasteiger partial charge in [0.25, 0.3) is 0 Å². The van der Waals surface area contributed by atoms with Crippen LogP contribution in [0.3, 0.4) is 0 Å². The third kappa shape index (κ3) is 5.31. The van der Waals surface area contributed by atoms with Crippen LogP contribution in [0.4, 0.5) is 10.8 Å². The number of nitrogens with zero attached hydrogens (tertiary/aromatic N) is 2. The number of hydrogen-bond acceptors (Lipinski definition) is 6. The molecule has 118 valence electrons. The first-order chi connectivity index (χ1) is 10.5. The smallest absolute Gasteiger partial charge is 0.230 e. The number of anilines is 2. The van der Waals surface area contributed by atoms with Crippen LogP contribution in [0.5, 0.6) is 0 Å². The number of para-hydroxylation sites is 1. The summed E-state index contributed by atoms with van der Waals surface area (Å²) in [6.07, 6.45) is 0. The molecule has 1 atom stereocenters. The van der Waals surface area contributed by atoms with Gasteiger partial charge in [0.2, 0.25) is 11.0 Å². The number of rotatable bonds is 7. The minimum atomic E-state index is 0.0268. The molecule has 0 saturated heterocycles. The quantitative estimate of drug-likeness (QED) is 0.757. The Kier molecular flexibility index (Phi) is 6.21. The van der Waals surface area contributed by atoms with Crippen LogP contribution in [0.2, 0.25) is 0 Å². The molecule has 2 rings (SSSR count). The summed E-state index contributed by atoms with van der Waals surface area (Å²) in [6.45, 7) is 6.19. The molecule has 1 amide bonds. The molecule has 1 aromatic heterocycles. The number of amides is 1. The monoisotopic (exact) mass is 336 g/mol. The fourth-order valence-electron chi connectivity index (χ4n) is 1.55. The third-order valence-electron chi connectivity index (χ3n) is 3.15. The Morgan fingerprint density at radius 1 is 1.23 bits per heavy atom. The molecular weight excluding hydrogens is 316 g/mol. The standard InChI is InChI=1S/C15H20N4OS2/c1-10(2)11(3)16-13(20)9-21-15-19-18-14(22-15)17-12-7-5-4-6-8-12/h4-8,10-11H,9H2,1-3H3,(H,16,20)(H,17,18)/t11-/m0/s1. The van der Waals surface area contributed by atoms with Crippen LogP contribution in [-0.4, -0.2) is 27.9 Å². The van der Waals surface area contributed by atoms with Crippen LogP contribution < -0.4 is 10.6 Å². The first kappa shape index (κ1) is 16.8. The summed E-state index contributed by atoms with van der Waals surface area (Å²) in [7, 11) is 0. The Morgan fingerprint density at radius 3 is 2.64 bits per heavy atom. The number of nitrogens with one attached hydrogen (secondary N) is 2. The molecule has 0 aliphatic heterocycles. The van der Waals surface area contributed by atoms with E-state index in [1.54, 1.807) is 0 Å². The van der Waals surface area contributed by atoms with Crippen LogP contribution in [0, 0.1) is 5.92 Å². The summed E-state index contributed by atoms with van der Waals surface area (Å²) in [5.41, 5.74) is 0.971. The van der Waals surface area contributed by atoms with E-state index in [1.807, 2.05) is 37.3 Å². The second-order valence-electron chi connectivity index (χ2n) is 5.25. The SMILES string of the molecule is CC(C)[C@H](C)NC(=O)CSc1nnc(Nc2ccccc2)s1. The first-order valence-electron chi connectivity index (χ1n) is 7.12. The summed E-state index contributed by atoms with van der Waals surface area (Å²) >= 11 is 2.85. The Bertz CT molecular complexity index is 601. The van der Waals surface area contributed by atoms with E-state index in [-0.39, 0.29) is 11.9 Å². The van der Waals surface area contributed by atoms with E-state index >= 15 is 0 Å². The molecule has 0 fully saturated rings. The highest BCUT2D eigenvalue weighted by Crippen LogP contribution is 2.27. The lowest BCUT2D eigenvalue weighted by Crippen LogP contribution is -2.37. The molecule has 0 spiro atoms. The molecule has 0 saturated carbocycles. The summed E-state index contributed by atoms with van der Waals surface area (Å²) in [4.78, 5) is 11.8. The van der Waals surface area contributed by atoms with Crippen molar-refractivity contribution < 1.29 is 4.79 Å². The Morgan fingerprint density at radius 2 is 1.95 bits per heavy atom. The lowest BCUT2D eigenvalue weighted by atomic mass is 10.1. The number of carbonyl (C=O) groups excluding carboxylic acids is 1. The van der Waals surface area contributed by atoms with Crippen molar-refractivity contribution in [2.45, 2.75) is 31.2 Å². The zero-order chi connectivity index (χ0) is 15.9. The van der Waals surface area contributed by atoms with Crippen molar-refractivity contribution in [1.29, 1.82) is 0 Å². The normalized spacial score (nSPS) is 12.2. The Hall–Kier alpha value is -1.60. The van der Waals surface area contributed by atoms with Crippen molar-refractivity contribution in [2.75, 3.05) is 11.1 Å². The topological polar surface area (TPSA) is 66.9 Å². The zero-order valence-electron chi connectivity index (χ0n) is 12.9. The minimum Gasteiger partial charge on any atom is -0.353 e. The summed E-state index contributed by atoms with van der Waals surface area (Å²) < 4.78 is 0.783. The van der Waals surface area contributed by atoms with Crippen molar-refractivity contribution in [2.24, 2.45) is 5.92 Å². The molecule has 0 aliphatic carbocycles. The van der Waals surface area contributed by atoms with Gasteiger partial charge in [-0.25, -0.2) is 0 Å². The average Bonchev–Trinajstić information content (AvgIpc) is 2.93. The fraction of sp³-hybridized carbons (Fsp3) is 0.400. The Labute approximate surface area is 138 Å². The van der Waals surface area contributed by atoms with E-state index in [0.717, 1.165) is 15.2 Å². The van der Waals surface area contributed by atoms with Gasteiger partial charge in [-0.05, 0) is 25.0 Å². The lowest BCUT2D eigenvalue weighted by molar-refractivity contribution is -0.119. The maximum atomic E-state index is 11.8. The van der Waals surface area contributed by atoms with Gasteiger partial charge in [0.1, 0.15) is 0 Å². The molecule has 0 bridgehead atoms. The van der Waals surface area contributed by atoms with Gasteiger partial charge < -0.3 is 10.6 Å². The van der Waals surface area contributed by atoms with Crippen LogP contribution in [0.15, 0.2) is 34.7 Å². The fourth-order valence-corrected chi connectivity index (χ4v) is 3.14. The van der Waals surface area contributed by atoms with Crippen LogP contribution >= 0.6 is 23.1 Å². The number of carbonyl (C=O) groups is 1. The van der Waals surface area contributed by atoms with Gasteiger partial charge in [-0.2, -0.15) is 0 Å². The van der Waals surface area contributed by atoms with Crippen LogP contribution in [0.25, 0.3) is 0 Å². The number of thioether (sulfide) groups is 1. The maximum Gasteiger partial charge on any atom is 0.230 e. The van der Waals surface area contributed by atoms with Crippen molar-refractivity contribution in [3.8, 4) is 0 Å². The largest absolute Gasteiger partial charge is 0.353 e. The molecule has 5 nitrogen and oxygen atoms in total. The molecule has 1 aromatic carbocycles. The highest BCUT2D eigenvalue weighted by atomic mass is 32.2. The molecule has 0 radical (unpaired) electrons. The molecule has 22 heavy (non-hydrogen) atoms. The average molecular weight is 336 g/mol. The van der Waals surface area contributed by atoms with Gasteiger partial charge in [-0.15, -0.1) is 10.2 Å². The third-order valence-corrected chi connectivity index (χ3v) is 5.12. The molecule has 7 heteroatoms. The lowest BCUT2D eigenvalue weighted by Gasteiger charge is -2.16. The van der Waals surface area contributed by atoms with Crippen LogP contribution in [0.1, 0.15) is 20.8 Å². The molecule has 0 unspecified atom stereocenters. The summed E-state index contributed by atoms with van der Waals surface area (Å²) in [6, 6.07) is 9.99. The summed E-state index contributed by atoms with van der Waals surface area (Å²) in [5.74, 6) is 0.813. The van der Waals surface area contributed by atoms with E-state index in [4.69, 9.17) is 0 Å². The van der Waals surface area contributed by atoms with Gasteiger partial charge in [-0.1, -0.05) is 55.1 Å². The zero-order valence-corrected chi connectivity index (χ0v) is 14.5. The second kappa shape index (κ2) is 8.14. The van der Waals surface area contributed by atoms with Crippen molar-refractivity contribution in [3.63, 3.8) is 0 Å². The van der Waals surface area contributed by atoms with E-state index in [1.165, 1.54) is 23.1 Å². The maximum absolute atomic E-state index is 11.8. The van der Waals surface area contributed by atoms with Crippen LogP contribution in [-0.2, 0) is 4.79 Å². The highest BCUT2D eigenvalue weighted by molar-refractivity contribution is 8.01. The van der Waals surface area contributed by atoms with Gasteiger partial charge in [-0.3, -0.25) is 4.79 Å². The van der Waals surface area contributed by atoms with E-state index in [0.29, 0.717) is 11.7 Å². The second-order valence-corrected chi connectivity index (χ2v) is 7.45. The minimum absolute atomic E-state index is 0.0268. The predicted octanol–water partition coefficient (Wildman–Crippen LogP) is 3.53. The number of aromatic nitrogens is 2. The summed E-state index contributed by atoms with van der Waals surface area (Å²) in [5, 5.41) is 15.1. The molecular formula is C15H20N4OS2. The molecule has 1 heterocycles. The molecule has 2 N–H and O–H groups in total. The van der Waals surface area contributed by atoms with Crippen molar-refractivity contribution in [3.05, 3.63) is 30.3 Å². The molecule has 0 aliphatic rings. The first-order valence-corrected chi connectivity index (χ1v) is 8.92. The van der Waals surface area contributed by atoms with Gasteiger partial charge in [0.05, 0.1) is 5.75 Å². The number of hydrogen-bond donors (Lipinski definition) is 2. The number of benzene rings is 1. The highest BCUT2D eigenvalue weighted by Gasteiger charge is 2.12. The van der Waals surface area contributed by atoms with E-state index in [2.05, 4.69) is 34.7 Å². The van der Waals surface area contributed by atoms with E-state index in [9.17, 15) is 4.79 Å².